The minimum Gasteiger partial charge on any atom is -0.396 e. The first kappa shape index (κ1) is 17.2. The van der Waals surface area contributed by atoms with Crippen LogP contribution in [0, 0.1) is 5.92 Å². The lowest BCUT2D eigenvalue weighted by Crippen LogP contribution is -2.51. The Hall–Kier alpha value is -1.59. The fraction of sp³-hybridized carbons (Fsp3) is 0.632. The lowest BCUT2D eigenvalue weighted by atomic mass is 9.99. The molecule has 0 saturated carbocycles. The zero-order chi connectivity index (χ0) is 16.8. The average Bonchev–Trinajstić information content (AvgIpc) is 2.64. The maximum atomic E-state index is 12.4. The van der Waals surface area contributed by atoms with Crippen LogP contribution in [0.15, 0.2) is 30.3 Å². The van der Waals surface area contributed by atoms with Crippen molar-refractivity contribution in [3.05, 3.63) is 35.9 Å². The second-order valence-corrected chi connectivity index (χ2v) is 7.12. The molecule has 2 saturated heterocycles. The van der Waals surface area contributed by atoms with Gasteiger partial charge < -0.3 is 15.3 Å². The molecule has 2 N–H and O–H groups in total. The Kier molecular flexibility index (Phi) is 6.10. The highest BCUT2D eigenvalue weighted by atomic mass is 16.3. The molecule has 0 bridgehead atoms. The molecule has 2 aliphatic rings. The largest absolute Gasteiger partial charge is 0.396 e. The van der Waals surface area contributed by atoms with Crippen LogP contribution in [0.1, 0.15) is 31.2 Å². The van der Waals surface area contributed by atoms with Gasteiger partial charge in [-0.1, -0.05) is 30.3 Å². The Bertz CT molecular complexity index is 515. The molecule has 2 fully saturated rings. The third-order valence-corrected chi connectivity index (χ3v) is 5.23. The maximum absolute atomic E-state index is 12.4. The van der Waals surface area contributed by atoms with Crippen LogP contribution >= 0.6 is 0 Å². The van der Waals surface area contributed by atoms with Crippen LogP contribution in [-0.4, -0.2) is 59.8 Å². The van der Waals surface area contributed by atoms with Gasteiger partial charge in [0.25, 0.3) is 0 Å². The first-order chi connectivity index (χ1) is 11.7. The van der Waals surface area contributed by atoms with Crippen LogP contribution in [0.4, 0.5) is 4.79 Å². The first-order valence-electron chi connectivity index (χ1n) is 9.17. The molecule has 0 spiro atoms. The summed E-state index contributed by atoms with van der Waals surface area (Å²) in [5.41, 5.74) is 1.35. The number of likely N-dealkylation sites (tertiary alicyclic amines) is 2. The molecule has 3 rings (SSSR count). The van der Waals surface area contributed by atoms with Crippen LogP contribution in [0.5, 0.6) is 0 Å². The molecule has 1 aromatic rings. The van der Waals surface area contributed by atoms with Crippen LogP contribution in [0.2, 0.25) is 0 Å². The van der Waals surface area contributed by atoms with E-state index in [-0.39, 0.29) is 24.6 Å². The van der Waals surface area contributed by atoms with Crippen molar-refractivity contribution in [2.45, 2.75) is 38.3 Å². The maximum Gasteiger partial charge on any atom is 0.317 e. The minimum atomic E-state index is 0.0506. The zero-order valence-corrected chi connectivity index (χ0v) is 14.4. The standard InChI is InChI=1S/C19H29N3O2/c23-15-17-7-4-10-22(14-17)19(24)20-18-8-11-21(12-9-18)13-16-5-2-1-3-6-16/h1-3,5-6,17-18,23H,4,7-15H2,(H,20,24). The Morgan fingerprint density at radius 2 is 1.88 bits per heavy atom. The van der Waals surface area contributed by atoms with Gasteiger partial charge in [0, 0.05) is 45.4 Å². The average molecular weight is 331 g/mol. The predicted octanol–water partition coefficient (Wildman–Crippen LogP) is 2.06. The number of hydrogen-bond acceptors (Lipinski definition) is 3. The summed E-state index contributed by atoms with van der Waals surface area (Å²) in [5.74, 6) is 0.247. The summed E-state index contributed by atoms with van der Waals surface area (Å²) in [6.07, 6.45) is 4.04. The molecule has 2 amide bonds. The van der Waals surface area contributed by atoms with E-state index in [2.05, 4.69) is 34.5 Å². The van der Waals surface area contributed by atoms with Crippen molar-refractivity contribution in [3.8, 4) is 0 Å². The molecule has 0 aromatic heterocycles. The van der Waals surface area contributed by atoms with Gasteiger partial charge in [-0.2, -0.15) is 0 Å². The van der Waals surface area contributed by atoms with E-state index in [4.69, 9.17) is 0 Å². The summed E-state index contributed by atoms with van der Waals surface area (Å²) < 4.78 is 0. The number of aliphatic hydroxyl groups excluding tert-OH is 1. The van der Waals surface area contributed by atoms with Gasteiger partial charge in [-0.05, 0) is 37.2 Å². The van der Waals surface area contributed by atoms with E-state index in [0.29, 0.717) is 6.54 Å². The lowest BCUT2D eigenvalue weighted by Gasteiger charge is -2.36. The molecule has 5 heteroatoms. The zero-order valence-electron chi connectivity index (χ0n) is 14.4. The van der Waals surface area contributed by atoms with Crippen molar-refractivity contribution in [1.82, 2.24) is 15.1 Å². The normalized spacial score (nSPS) is 23.2. The van der Waals surface area contributed by atoms with Gasteiger partial charge in [0.1, 0.15) is 0 Å². The van der Waals surface area contributed by atoms with E-state index in [1.54, 1.807) is 0 Å². The smallest absolute Gasteiger partial charge is 0.317 e. The molecular formula is C19H29N3O2. The van der Waals surface area contributed by atoms with Crippen molar-refractivity contribution in [1.29, 1.82) is 0 Å². The lowest BCUT2D eigenvalue weighted by molar-refractivity contribution is 0.123. The van der Waals surface area contributed by atoms with Crippen LogP contribution in [-0.2, 0) is 6.54 Å². The van der Waals surface area contributed by atoms with Gasteiger partial charge in [0.15, 0.2) is 0 Å². The summed E-state index contributed by atoms with van der Waals surface area (Å²) >= 11 is 0. The summed E-state index contributed by atoms with van der Waals surface area (Å²) in [6, 6.07) is 10.9. The second-order valence-electron chi connectivity index (χ2n) is 7.12. The highest BCUT2D eigenvalue weighted by Gasteiger charge is 2.26. The van der Waals surface area contributed by atoms with Crippen LogP contribution < -0.4 is 5.32 Å². The fourth-order valence-corrected chi connectivity index (χ4v) is 3.74. The number of aliphatic hydroxyl groups is 1. The summed E-state index contributed by atoms with van der Waals surface area (Å²) in [6.45, 7) is 4.73. The van der Waals surface area contributed by atoms with Crippen molar-refractivity contribution >= 4 is 6.03 Å². The third-order valence-electron chi connectivity index (χ3n) is 5.23. The van der Waals surface area contributed by atoms with Crippen LogP contribution in [0.25, 0.3) is 0 Å². The molecule has 2 heterocycles. The fourth-order valence-electron chi connectivity index (χ4n) is 3.74. The number of nitrogens with zero attached hydrogens (tertiary/aromatic N) is 2. The van der Waals surface area contributed by atoms with E-state index in [9.17, 15) is 9.90 Å². The number of rotatable bonds is 4. The molecule has 1 atom stereocenters. The first-order valence-corrected chi connectivity index (χ1v) is 9.17. The van der Waals surface area contributed by atoms with E-state index < -0.39 is 0 Å². The Labute approximate surface area is 144 Å². The third kappa shape index (κ3) is 4.71. The van der Waals surface area contributed by atoms with E-state index in [1.807, 2.05) is 11.0 Å². The van der Waals surface area contributed by atoms with Crippen LogP contribution in [0.3, 0.4) is 0 Å². The SMILES string of the molecule is O=C(NC1CCN(Cc2ccccc2)CC1)N1CCCC(CO)C1. The highest BCUT2D eigenvalue weighted by Crippen LogP contribution is 2.17. The number of carbonyl (C=O) groups is 1. The van der Waals surface area contributed by atoms with Gasteiger partial charge in [-0.25, -0.2) is 4.79 Å². The van der Waals surface area contributed by atoms with E-state index in [1.165, 1.54) is 5.56 Å². The summed E-state index contributed by atoms with van der Waals surface area (Å²) in [7, 11) is 0. The molecule has 0 radical (unpaired) electrons. The van der Waals surface area contributed by atoms with Crippen molar-refractivity contribution in [3.63, 3.8) is 0 Å². The molecule has 1 unspecified atom stereocenters. The van der Waals surface area contributed by atoms with E-state index in [0.717, 1.165) is 51.9 Å². The van der Waals surface area contributed by atoms with Gasteiger partial charge in [-0.3, -0.25) is 4.90 Å². The van der Waals surface area contributed by atoms with Crippen molar-refractivity contribution < 1.29 is 9.90 Å². The van der Waals surface area contributed by atoms with Gasteiger partial charge in [-0.15, -0.1) is 0 Å². The molecule has 132 valence electrons. The minimum absolute atomic E-state index is 0.0506. The molecule has 1 aromatic carbocycles. The molecule has 24 heavy (non-hydrogen) atoms. The molecular weight excluding hydrogens is 302 g/mol. The number of hydrogen-bond donors (Lipinski definition) is 2. The summed E-state index contributed by atoms with van der Waals surface area (Å²) in [5, 5.41) is 12.5. The van der Waals surface area contributed by atoms with Gasteiger partial charge in [0.2, 0.25) is 0 Å². The monoisotopic (exact) mass is 331 g/mol. The number of nitrogens with one attached hydrogen (secondary N) is 1. The van der Waals surface area contributed by atoms with E-state index >= 15 is 0 Å². The highest BCUT2D eigenvalue weighted by molar-refractivity contribution is 5.74. The van der Waals surface area contributed by atoms with Crippen molar-refractivity contribution in [2.24, 2.45) is 5.92 Å². The quantitative estimate of drug-likeness (QED) is 0.888. The molecule has 2 aliphatic heterocycles. The number of carbonyl (C=O) groups excluding carboxylic acids is 1. The number of benzene rings is 1. The van der Waals surface area contributed by atoms with Crippen molar-refractivity contribution in [2.75, 3.05) is 32.8 Å². The number of piperidine rings is 2. The Morgan fingerprint density at radius 1 is 1.12 bits per heavy atom. The predicted molar refractivity (Wildman–Crippen MR) is 94.7 cm³/mol. The van der Waals surface area contributed by atoms with Gasteiger partial charge >= 0.3 is 6.03 Å². The second kappa shape index (κ2) is 8.49. The Morgan fingerprint density at radius 3 is 2.58 bits per heavy atom. The topological polar surface area (TPSA) is 55.8 Å². The summed E-state index contributed by atoms with van der Waals surface area (Å²) in [4.78, 5) is 16.8. The molecule has 5 nitrogen and oxygen atoms in total. The number of urea groups is 1. The van der Waals surface area contributed by atoms with Gasteiger partial charge in [0.05, 0.1) is 0 Å². The molecule has 0 aliphatic carbocycles. The number of amides is 2. The Balaban J connectivity index is 1.41.